The standard InChI is InChI=1S/C17H21NO5S2/c1-3-18(12-13-23-2)25(21,22)17-11-7-10-16(14-17)24(19,20)15-8-5-4-6-9-15/h4-11,14H,3,12-13H2,1-2H3. The first-order chi connectivity index (χ1) is 11.8. The smallest absolute Gasteiger partial charge is 0.243 e. The molecule has 0 atom stereocenters. The summed E-state index contributed by atoms with van der Waals surface area (Å²) in [5, 5.41) is 0. The summed E-state index contributed by atoms with van der Waals surface area (Å²) in [7, 11) is -6.08. The number of ether oxygens (including phenoxy) is 1. The molecule has 6 nitrogen and oxygen atoms in total. The molecule has 2 aromatic rings. The Hall–Kier alpha value is -1.74. The molecular formula is C17H21NO5S2. The average Bonchev–Trinajstić information content (AvgIpc) is 2.63. The Morgan fingerprint density at radius 2 is 1.48 bits per heavy atom. The van der Waals surface area contributed by atoms with Crippen LogP contribution in [0.1, 0.15) is 6.92 Å². The minimum Gasteiger partial charge on any atom is -0.383 e. The van der Waals surface area contributed by atoms with E-state index in [1.165, 1.54) is 47.8 Å². The second-order valence-electron chi connectivity index (χ2n) is 5.28. The van der Waals surface area contributed by atoms with Crippen molar-refractivity contribution in [3.05, 3.63) is 54.6 Å². The molecule has 0 radical (unpaired) electrons. The Kier molecular flexibility index (Phi) is 6.34. The van der Waals surface area contributed by atoms with Crippen molar-refractivity contribution in [1.29, 1.82) is 0 Å². The Balaban J connectivity index is 2.45. The molecule has 0 aromatic heterocycles. The fraction of sp³-hybridized carbons (Fsp3) is 0.294. The highest BCUT2D eigenvalue weighted by Gasteiger charge is 2.25. The van der Waals surface area contributed by atoms with Crippen molar-refractivity contribution in [1.82, 2.24) is 4.31 Å². The Morgan fingerprint density at radius 1 is 0.880 bits per heavy atom. The summed E-state index contributed by atoms with van der Waals surface area (Å²) in [5.74, 6) is 0. The molecule has 0 aliphatic heterocycles. The van der Waals surface area contributed by atoms with Gasteiger partial charge in [-0.05, 0) is 30.3 Å². The van der Waals surface area contributed by atoms with E-state index in [1.54, 1.807) is 25.1 Å². The van der Waals surface area contributed by atoms with Gasteiger partial charge in [0.1, 0.15) is 0 Å². The number of methoxy groups -OCH3 is 1. The lowest BCUT2D eigenvalue weighted by Gasteiger charge is -2.20. The Morgan fingerprint density at radius 3 is 2.08 bits per heavy atom. The lowest BCUT2D eigenvalue weighted by Crippen LogP contribution is -2.33. The van der Waals surface area contributed by atoms with Gasteiger partial charge < -0.3 is 4.74 Å². The maximum absolute atomic E-state index is 12.8. The molecule has 0 saturated heterocycles. The normalized spacial score (nSPS) is 12.4. The molecule has 2 aromatic carbocycles. The maximum Gasteiger partial charge on any atom is 0.243 e. The molecule has 8 heteroatoms. The summed E-state index contributed by atoms with van der Waals surface area (Å²) in [5.41, 5.74) is 0. The van der Waals surface area contributed by atoms with Crippen molar-refractivity contribution in [2.45, 2.75) is 21.6 Å². The summed E-state index contributed by atoms with van der Waals surface area (Å²) in [6, 6.07) is 13.4. The molecule has 0 saturated carbocycles. The van der Waals surface area contributed by atoms with Gasteiger partial charge in [0.15, 0.2) is 0 Å². The summed E-state index contributed by atoms with van der Waals surface area (Å²) in [4.78, 5) is 0.0151. The van der Waals surface area contributed by atoms with Crippen LogP contribution in [-0.4, -0.2) is 47.9 Å². The lowest BCUT2D eigenvalue weighted by molar-refractivity contribution is 0.180. The van der Waals surface area contributed by atoms with Gasteiger partial charge in [0.05, 0.1) is 21.3 Å². The van der Waals surface area contributed by atoms with Gasteiger partial charge in [-0.3, -0.25) is 0 Å². The number of benzene rings is 2. The van der Waals surface area contributed by atoms with E-state index in [1.807, 2.05) is 0 Å². The van der Waals surface area contributed by atoms with Crippen LogP contribution in [0.3, 0.4) is 0 Å². The van der Waals surface area contributed by atoms with Crippen molar-refractivity contribution in [3.8, 4) is 0 Å². The van der Waals surface area contributed by atoms with E-state index in [2.05, 4.69) is 0 Å². The van der Waals surface area contributed by atoms with Crippen LogP contribution in [0.15, 0.2) is 69.3 Å². The topological polar surface area (TPSA) is 80.8 Å². The summed E-state index contributed by atoms with van der Waals surface area (Å²) < 4.78 is 57.1. The summed E-state index contributed by atoms with van der Waals surface area (Å²) >= 11 is 0. The predicted octanol–water partition coefficient (Wildman–Crippen LogP) is 2.18. The third-order valence-electron chi connectivity index (χ3n) is 3.70. The quantitative estimate of drug-likeness (QED) is 0.698. The first-order valence-corrected chi connectivity index (χ1v) is 10.7. The molecule has 0 bridgehead atoms. The predicted molar refractivity (Wildman–Crippen MR) is 94.6 cm³/mol. The Labute approximate surface area is 149 Å². The van der Waals surface area contributed by atoms with Crippen LogP contribution in [0, 0.1) is 0 Å². The van der Waals surface area contributed by atoms with Gasteiger partial charge in [0.25, 0.3) is 0 Å². The zero-order chi connectivity index (χ0) is 18.5. The van der Waals surface area contributed by atoms with Crippen LogP contribution in [0.5, 0.6) is 0 Å². The number of hydrogen-bond acceptors (Lipinski definition) is 5. The zero-order valence-electron chi connectivity index (χ0n) is 14.1. The summed E-state index contributed by atoms with van der Waals surface area (Å²) in [6.45, 7) is 2.44. The van der Waals surface area contributed by atoms with Gasteiger partial charge in [0, 0.05) is 20.2 Å². The van der Waals surface area contributed by atoms with E-state index in [0.717, 1.165) is 0 Å². The first-order valence-electron chi connectivity index (χ1n) is 7.73. The van der Waals surface area contributed by atoms with Crippen molar-refractivity contribution in [3.63, 3.8) is 0 Å². The molecular weight excluding hydrogens is 362 g/mol. The van der Waals surface area contributed by atoms with Crippen molar-refractivity contribution in [2.75, 3.05) is 26.8 Å². The highest BCUT2D eigenvalue weighted by atomic mass is 32.2. The monoisotopic (exact) mass is 383 g/mol. The van der Waals surface area contributed by atoms with Gasteiger partial charge in [0.2, 0.25) is 19.9 Å². The molecule has 0 aliphatic rings. The van der Waals surface area contributed by atoms with E-state index in [4.69, 9.17) is 4.74 Å². The van der Waals surface area contributed by atoms with Crippen LogP contribution < -0.4 is 0 Å². The summed E-state index contributed by atoms with van der Waals surface area (Å²) in [6.07, 6.45) is 0. The Bertz CT molecular complexity index is 909. The van der Waals surface area contributed by atoms with E-state index in [9.17, 15) is 16.8 Å². The molecule has 0 amide bonds. The minimum atomic E-state index is -3.80. The molecule has 25 heavy (non-hydrogen) atoms. The minimum absolute atomic E-state index is 0.0532. The van der Waals surface area contributed by atoms with E-state index >= 15 is 0 Å². The third-order valence-corrected chi connectivity index (χ3v) is 7.44. The van der Waals surface area contributed by atoms with Gasteiger partial charge in [-0.15, -0.1) is 0 Å². The molecule has 0 heterocycles. The van der Waals surface area contributed by atoms with Gasteiger partial charge in [-0.2, -0.15) is 4.31 Å². The molecule has 136 valence electrons. The van der Waals surface area contributed by atoms with E-state index < -0.39 is 19.9 Å². The zero-order valence-corrected chi connectivity index (χ0v) is 15.8. The molecule has 0 spiro atoms. The number of sulfone groups is 1. The number of hydrogen-bond donors (Lipinski definition) is 0. The largest absolute Gasteiger partial charge is 0.383 e. The molecule has 0 unspecified atom stereocenters. The van der Waals surface area contributed by atoms with Crippen LogP contribution in [-0.2, 0) is 24.6 Å². The number of nitrogens with zero attached hydrogens (tertiary/aromatic N) is 1. The van der Waals surface area contributed by atoms with E-state index in [-0.39, 0.29) is 34.4 Å². The second-order valence-corrected chi connectivity index (χ2v) is 9.17. The fourth-order valence-electron chi connectivity index (χ4n) is 2.33. The number of rotatable bonds is 8. The van der Waals surface area contributed by atoms with Gasteiger partial charge >= 0.3 is 0 Å². The highest BCUT2D eigenvalue weighted by Crippen LogP contribution is 2.24. The molecule has 0 fully saturated rings. The van der Waals surface area contributed by atoms with Gasteiger partial charge in [-0.1, -0.05) is 31.2 Å². The van der Waals surface area contributed by atoms with Crippen molar-refractivity contribution in [2.24, 2.45) is 0 Å². The fourth-order valence-corrected chi connectivity index (χ4v) is 5.21. The second kappa shape index (κ2) is 8.09. The number of sulfonamides is 1. The SMILES string of the molecule is CCN(CCOC)S(=O)(=O)c1cccc(S(=O)(=O)c2ccccc2)c1. The van der Waals surface area contributed by atoms with Crippen molar-refractivity contribution >= 4 is 19.9 Å². The van der Waals surface area contributed by atoms with E-state index in [0.29, 0.717) is 0 Å². The van der Waals surface area contributed by atoms with Crippen molar-refractivity contribution < 1.29 is 21.6 Å². The van der Waals surface area contributed by atoms with Crippen LogP contribution in [0.4, 0.5) is 0 Å². The molecule has 2 rings (SSSR count). The third kappa shape index (κ3) is 4.27. The maximum atomic E-state index is 12.8. The first kappa shape index (κ1) is 19.6. The average molecular weight is 383 g/mol. The van der Waals surface area contributed by atoms with Crippen LogP contribution >= 0.6 is 0 Å². The van der Waals surface area contributed by atoms with Gasteiger partial charge in [-0.25, -0.2) is 16.8 Å². The molecule has 0 N–H and O–H groups in total. The highest BCUT2D eigenvalue weighted by molar-refractivity contribution is 7.91. The van der Waals surface area contributed by atoms with Crippen LogP contribution in [0.2, 0.25) is 0 Å². The molecule has 0 aliphatic carbocycles. The number of likely N-dealkylation sites (N-methyl/N-ethyl adjacent to an activating group) is 1. The lowest BCUT2D eigenvalue weighted by atomic mass is 10.4. The van der Waals surface area contributed by atoms with Crippen LogP contribution in [0.25, 0.3) is 0 Å².